The van der Waals surface area contributed by atoms with Crippen LogP contribution in [0.3, 0.4) is 0 Å². The molecule has 7 heteroatoms. The molecule has 0 saturated carbocycles. The summed E-state index contributed by atoms with van der Waals surface area (Å²) in [5, 5.41) is 0.136. The van der Waals surface area contributed by atoms with Crippen molar-refractivity contribution in [3.63, 3.8) is 0 Å². The molecule has 0 radical (unpaired) electrons. The zero-order valence-electron chi connectivity index (χ0n) is 18.2. The molecule has 3 nitrogen and oxygen atoms in total. The van der Waals surface area contributed by atoms with Crippen molar-refractivity contribution in [1.29, 1.82) is 0 Å². The van der Waals surface area contributed by atoms with Crippen LogP contribution >= 0.6 is 0 Å². The molecule has 0 spiro atoms. The summed E-state index contributed by atoms with van der Waals surface area (Å²) in [5.74, 6) is 3.19. The summed E-state index contributed by atoms with van der Waals surface area (Å²) in [4.78, 5) is 8.17. The molecule has 1 aromatic carbocycles. The van der Waals surface area contributed by atoms with E-state index >= 15 is 0 Å². The van der Waals surface area contributed by atoms with Crippen molar-refractivity contribution in [3.05, 3.63) is 64.5 Å². The predicted octanol–water partition coefficient (Wildman–Crippen LogP) is 5.62. The Morgan fingerprint density at radius 2 is 1.84 bits per heavy atom. The van der Waals surface area contributed by atoms with E-state index in [1.54, 1.807) is 25.2 Å². The molecule has 164 valence electrons. The lowest BCUT2D eigenvalue weighted by Crippen LogP contribution is -2.06. The van der Waals surface area contributed by atoms with E-state index in [-0.39, 0.29) is 16.6 Å². The van der Waals surface area contributed by atoms with Gasteiger partial charge in [-0.2, -0.15) is 0 Å². The molecule has 1 aliphatic carbocycles. The third-order valence-corrected chi connectivity index (χ3v) is 5.60. The Morgan fingerprint density at radius 1 is 1.19 bits per heavy atom. The summed E-state index contributed by atoms with van der Waals surface area (Å²) in [5.41, 5.74) is 1.43. The van der Waals surface area contributed by atoms with Crippen LogP contribution < -0.4 is 0 Å². The van der Waals surface area contributed by atoms with Crippen LogP contribution in [0.4, 0.5) is 13.2 Å². The normalized spacial score (nSPS) is 23.0. The average molecular weight is 447 g/mol. The highest BCUT2D eigenvalue weighted by Gasteiger charge is 2.21. The molecule has 0 aromatic heterocycles. The minimum Gasteiger partial charge on any atom is -0.262 e. The van der Waals surface area contributed by atoms with Crippen molar-refractivity contribution >= 4 is 27.3 Å². The van der Waals surface area contributed by atoms with E-state index in [4.69, 9.17) is 0 Å². The number of halogens is 3. The van der Waals surface area contributed by atoms with Crippen LogP contribution in [0, 0.1) is 35.2 Å². The molecule has 2 atom stereocenters. The van der Waals surface area contributed by atoms with Gasteiger partial charge in [-0.1, -0.05) is 38.3 Å². The summed E-state index contributed by atoms with van der Waals surface area (Å²) in [6, 6.07) is 1.34. The predicted molar refractivity (Wildman–Crippen MR) is 123 cm³/mol. The van der Waals surface area contributed by atoms with Gasteiger partial charge in [0.1, 0.15) is 23.2 Å². The smallest absolute Gasteiger partial charge is 0.214 e. The van der Waals surface area contributed by atoms with Crippen LogP contribution in [0.1, 0.15) is 39.2 Å². The van der Waals surface area contributed by atoms with Crippen LogP contribution in [-0.4, -0.2) is 28.4 Å². The zero-order chi connectivity index (χ0) is 23.1. The van der Waals surface area contributed by atoms with Gasteiger partial charge < -0.3 is 0 Å². The Labute approximate surface area is 184 Å². The molecule has 0 aliphatic heterocycles. The topological polar surface area (TPSA) is 41.8 Å². The van der Waals surface area contributed by atoms with Gasteiger partial charge in [0.2, 0.25) is 5.17 Å². The van der Waals surface area contributed by atoms with Gasteiger partial charge in [0.25, 0.3) is 0 Å². The highest BCUT2D eigenvalue weighted by atomic mass is 32.2. The number of hydrogen-bond donors (Lipinski definition) is 0. The van der Waals surface area contributed by atoms with Gasteiger partial charge in [-0.25, -0.2) is 18.2 Å². The first-order chi connectivity index (χ1) is 14.7. The molecule has 2 unspecified atom stereocenters. The molecule has 31 heavy (non-hydrogen) atoms. The van der Waals surface area contributed by atoms with E-state index in [9.17, 15) is 17.4 Å². The fourth-order valence-electron chi connectivity index (χ4n) is 3.03. The first-order valence-electron chi connectivity index (χ1n) is 9.82. The molecule has 2 rings (SSSR count). The Morgan fingerprint density at radius 3 is 2.39 bits per heavy atom. The summed E-state index contributed by atoms with van der Waals surface area (Å²) < 4.78 is 54.7. The van der Waals surface area contributed by atoms with Crippen molar-refractivity contribution in [1.82, 2.24) is 0 Å². The second-order valence-corrected chi connectivity index (χ2v) is 8.51. The van der Waals surface area contributed by atoms with Gasteiger partial charge in [0.05, 0.1) is 16.4 Å². The molecular weight excluding hydrogens is 421 g/mol. The number of amidine groups is 1. The van der Waals surface area contributed by atoms with Gasteiger partial charge in [-0.05, 0) is 36.8 Å². The van der Waals surface area contributed by atoms with Crippen LogP contribution in [-0.2, 0) is 10.8 Å². The molecule has 0 amide bonds. The van der Waals surface area contributed by atoms with E-state index < -0.39 is 28.3 Å². The average Bonchev–Trinajstić information content (AvgIpc) is 2.76. The molecular formula is C24H25F3N2OS. The zero-order valence-corrected chi connectivity index (χ0v) is 19.0. The minimum absolute atomic E-state index is 0.136. The van der Waals surface area contributed by atoms with E-state index in [1.165, 1.54) is 13.3 Å². The van der Waals surface area contributed by atoms with Gasteiger partial charge >= 0.3 is 0 Å². The van der Waals surface area contributed by atoms with Crippen molar-refractivity contribution in [3.8, 4) is 11.8 Å². The Bertz CT molecular complexity index is 1080. The van der Waals surface area contributed by atoms with Crippen molar-refractivity contribution in [2.75, 3.05) is 13.3 Å². The van der Waals surface area contributed by atoms with E-state index in [1.807, 2.05) is 13.8 Å². The molecule has 0 N–H and O–H groups in total. The molecule has 1 aliphatic rings. The minimum atomic E-state index is -1.39. The lowest BCUT2D eigenvalue weighted by Gasteiger charge is -2.17. The Hall–Kier alpha value is -2.72. The lowest BCUT2D eigenvalue weighted by atomic mass is 9.87. The second kappa shape index (κ2) is 11.1. The molecule has 0 bridgehead atoms. The fraction of sp³-hybridized carbons (Fsp3) is 0.333. The number of rotatable bonds is 4. The van der Waals surface area contributed by atoms with Crippen molar-refractivity contribution < 1.29 is 17.4 Å². The van der Waals surface area contributed by atoms with Crippen LogP contribution in [0.2, 0.25) is 0 Å². The van der Waals surface area contributed by atoms with Gasteiger partial charge in [-0.3, -0.25) is 9.20 Å². The van der Waals surface area contributed by atoms with E-state index in [0.29, 0.717) is 41.0 Å². The monoisotopic (exact) mass is 446 g/mol. The number of benzene rings is 1. The first kappa shape index (κ1) is 24.5. The van der Waals surface area contributed by atoms with Crippen LogP contribution in [0.5, 0.6) is 0 Å². The van der Waals surface area contributed by atoms with E-state index in [0.717, 1.165) is 6.42 Å². The lowest BCUT2D eigenvalue weighted by molar-refractivity contribution is 0.537. The van der Waals surface area contributed by atoms with Gasteiger partial charge in [0, 0.05) is 36.6 Å². The van der Waals surface area contributed by atoms with Gasteiger partial charge in [0.15, 0.2) is 0 Å². The Balaban J connectivity index is 2.82. The molecule has 1 aromatic rings. The quantitative estimate of drug-likeness (QED) is 0.336. The maximum atomic E-state index is 14.7. The van der Waals surface area contributed by atoms with Crippen molar-refractivity contribution in [2.24, 2.45) is 15.9 Å². The maximum absolute atomic E-state index is 14.7. The first-order valence-corrected chi connectivity index (χ1v) is 11.4. The number of allylic oxidation sites excluding steroid dienone is 6. The van der Waals surface area contributed by atoms with Crippen LogP contribution in [0.25, 0.3) is 5.57 Å². The molecule has 0 heterocycles. The number of nitrogens with zero attached hydrogens (tertiary/aromatic N) is 2. The third-order valence-electron chi connectivity index (χ3n) is 4.81. The maximum Gasteiger partial charge on any atom is 0.214 e. The standard InChI is InChI=1S/C24H25F3N2OS/c1-6-15(2)12-17-10-11-19(29-24(28-4)31(5)30)9-7-8-16(3)22(17)23-20(26)13-18(25)14-21(23)27/h7-9,13-15H,6,12H2,1-5H3/b9-7+,16-8+,22-17-,28-24?,29-19-. The van der Waals surface area contributed by atoms with Crippen LogP contribution in [0.15, 0.2) is 51.5 Å². The third kappa shape index (κ3) is 6.38. The fourth-order valence-corrected chi connectivity index (χ4v) is 3.52. The number of hydrogen-bond acceptors (Lipinski definition) is 2. The number of aliphatic imine (C=N–C) groups is 2. The van der Waals surface area contributed by atoms with Crippen molar-refractivity contribution in [2.45, 2.75) is 33.6 Å². The highest BCUT2D eigenvalue weighted by molar-refractivity contribution is 7.99. The Kier molecular flexibility index (Phi) is 8.76. The largest absolute Gasteiger partial charge is 0.262 e. The highest BCUT2D eigenvalue weighted by Crippen LogP contribution is 2.34. The second-order valence-electron chi connectivity index (χ2n) is 7.23. The summed E-state index contributed by atoms with van der Waals surface area (Å²) in [6.07, 6.45) is 7.74. The van der Waals surface area contributed by atoms with E-state index in [2.05, 4.69) is 21.8 Å². The summed E-state index contributed by atoms with van der Waals surface area (Å²) >= 11 is 0. The van der Waals surface area contributed by atoms with Gasteiger partial charge in [-0.15, -0.1) is 0 Å². The molecule has 0 fully saturated rings. The molecule has 0 saturated heterocycles. The summed E-state index contributed by atoms with van der Waals surface area (Å²) in [7, 11) is 0.0975. The SMILES string of the molecule is CCC(C)C/C1=C(c2c(F)cc(F)cc2F)/C(C)=C/C=C/C(=N/C(=NC)S(C)=O)C#C1. The summed E-state index contributed by atoms with van der Waals surface area (Å²) in [6.45, 7) is 5.76.